The molecule has 1 amide bonds. The Morgan fingerprint density at radius 1 is 1.33 bits per heavy atom. The number of amides is 1. The van der Waals surface area contributed by atoms with E-state index in [9.17, 15) is 23.4 Å². The van der Waals surface area contributed by atoms with Crippen molar-refractivity contribution in [1.29, 1.82) is 0 Å². The molecule has 0 radical (unpaired) electrons. The third kappa shape index (κ3) is 2.86. The van der Waals surface area contributed by atoms with Crippen LogP contribution in [0.5, 0.6) is 5.75 Å². The van der Waals surface area contributed by atoms with Crippen LogP contribution in [-0.4, -0.2) is 61.3 Å². The van der Waals surface area contributed by atoms with Gasteiger partial charge in [-0.05, 0) is 18.2 Å². The van der Waals surface area contributed by atoms with Crippen molar-refractivity contribution >= 4 is 15.9 Å². The van der Waals surface area contributed by atoms with Crippen molar-refractivity contribution in [3.05, 3.63) is 23.8 Å². The zero-order chi connectivity index (χ0) is 15.8. The van der Waals surface area contributed by atoms with E-state index in [-0.39, 0.29) is 29.3 Å². The highest BCUT2D eigenvalue weighted by Gasteiger charge is 2.37. The Kier molecular flexibility index (Phi) is 4.19. The van der Waals surface area contributed by atoms with E-state index in [1.165, 1.54) is 19.2 Å². The molecule has 21 heavy (non-hydrogen) atoms. The van der Waals surface area contributed by atoms with Crippen molar-refractivity contribution < 1.29 is 28.2 Å². The number of nitrogens with two attached hydrogens (primary N) is 1. The van der Waals surface area contributed by atoms with E-state index < -0.39 is 28.1 Å². The van der Waals surface area contributed by atoms with Gasteiger partial charge in [0.25, 0.3) is 5.91 Å². The van der Waals surface area contributed by atoms with Crippen LogP contribution in [0.3, 0.4) is 0 Å². The molecule has 0 aliphatic carbocycles. The van der Waals surface area contributed by atoms with E-state index in [0.717, 1.165) is 10.4 Å². The number of methoxy groups -OCH3 is 1. The minimum atomic E-state index is -3.94. The second kappa shape index (κ2) is 5.60. The summed E-state index contributed by atoms with van der Waals surface area (Å²) in [5.74, 6) is -0.645. The Bertz CT molecular complexity index is 650. The van der Waals surface area contributed by atoms with E-state index in [1.54, 1.807) is 0 Å². The maximum Gasteiger partial charge on any atom is 0.252 e. The van der Waals surface area contributed by atoms with Gasteiger partial charge in [0.2, 0.25) is 10.0 Å². The highest BCUT2D eigenvalue weighted by atomic mass is 32.2. The fourth-order valence-corrected chi connectivity index (χ4v) is 3.62. The molecule has 2 rings (SSSR count). The third-order valence-corrected chi connectivity index (χ3v) is 5.13. The van der Waals surface area contributed by atoms with Gasteiger partial charge in [-0.2, -0.15) is 4.31 Å². The Labute approximate surface area is 121 Å². The topological polar surface area (TPSA) is 130 Å². The average molecular weight is 316 g/mol. The first-order valence-electron chi connectivity index (χ1n) is 6.11. The van der Waals surface area contributed by atoms with Crippen molar-refractivity contribution in [2.45, 2.75) is 17.1 Å². The van der Waals surface area contributed by atoms with E-state index >= 15 is 0 Å². The van der Waals surface area contributed by atoms with Gasteiger partial charge in [-0.3, -0.25) is 4.79 Å². The van der Waals surface area contributed by atoms with Gasteiger partial charge in [-0.15, -0.1) is 0 Å². The maximum absolute atomic E-state index is 12.4. The first-order chi connectivity index (χ1) is 9.77. The molecule has 1 saturated heterocycles. The molecule has 0 spiro atoms. The van der Waals surface area contributed by atoms with Crippen LogP contribution in [0.1, 0.15) is 10.4 Å². The number of hydrogen-bond acceptors (Lipinski definition) is 6. The first-order valence-corrected chi connectivity index (χ1v) is 7.55. The molecule has 1 heterocycles. The third-order valence-electron chi connectivity index (χ3n) is 3.30. The second-order valence-corrected chi connectivity index (χ2v) is 6.62. The zero-order valence-electron chi connectivity index (χ0n) is 11.3. The number of primary amides is 1. The van der Waals surface area contributed by atoms with Crippen molar-refractivity contribution in [3.8, 4) is 5.75 Å². The lowest BCUT2D eigenvalue weighted by Crippen LogP contribution is -2.30. The Balaban J connectivity index is 2.42. The standard InChI is InChI=1S/C12H16N2O6S/c1-20-11-3-2-7(4-8(11)12(13)17)21(18,19)14-5-9(15)10(16)6-14/h2-4,9-10,15-16H,5-6H2,1H3,(H2,13,17). The number of benzene rings is 1. The molecule has 1 aromatic carbocycles. The van der Waals surface area contributed by atoms with Crippen LogP contribution in [0.25, 0.3) is 0 Å². The summed E-state index contributed by atoms with van der Waals surface area (Å²) in [7, 11) is -2.60. The van der Waals surface area contributed by atoms with Crippen LogP contribution in [0.2, 0.25) is 0 Å². The van der Waals surface area contributed by atoms with Gasteiger partial charge >= 0.3 is 0 Å². The number of β-amino-alcohol motifs (C(OH)–C–C–N with tert-alkyl or cyclic N) is 2. The average Bonchev–Trinajstić information content (AvgIpc) is 2.78. The van der Waals surface area contributed by atoms with Crippen LogP contribution in [0.4, 0.5) is 0 Å². The normalized spacial score (nSPS) is 23.2. The number of aliphatic hydroxyl groups is 2. The molecule has 9 heteroatoms. The lowest BCUT2D eigenvalue weighted by atomic mass is 10.2. The van der Waals surface area contributed by atoms with Crippen LogP contribution < -0.4 is 10.5 Å². The number of nitrogens with zero attached hydrogens (tertiary/aromatic N) is 1. The Morgan fingerprint density at radius 3 is 2.38 bits per heavy atom. The molecule has 0 aromatic heterocycles. The number of ether oxygens (including phenoxy) is 1. The lowest BCUT2D eigenvalue weighted by molar-refractivity contribution is 0.0572. The van der Waals surface area contributed by atoms with Gasteiger partial charge in [0.05, 0.1) is 29.8 Å². The van der Waals surface area contributed by atoms with Gasteiger partial charge in [0, 0.05) is 13.1 Å². The van der Waals surface area contributed by atoms with E-state index in [0.29, 0.717) is 0 Å². The van der Waals surface area contributed by atoms with Gasteiger partial charge < -0.3 is 20.7 Å². The van der Waals surface area contributed by atoms with E-state index in [4.69, 9.17) is 10.5 Å². The molecule has 8 nitrogen and oxygen atoms in total. The summed E-state index contributed by atoms with van der Waals surface area (Å²) in [6, 6.07) is 3.72. The van der Waals surface area contributed by atoms with E-state index in [1.807, 2.05) is 0 Å². The van der Waals surface area contributed by atoms with Crippen LogP contribution in [0, 0.1) is 0 Å². The zero-order valence-corrected chi connectivity index (χ0v) is 12.1. The molecule has 4 N–H and O–H groups in total. The molecule has 1 aliphatic rings. The molecule has 116 valence electrons. The summed E-state index contributed by atoms with van der Waals surface area (Å²) < 4.78 is 30.7. The van der Waals surface area contributed by atoms with E-state index in [2.05, 4.69) is 0 Å². The van der Waals surface area contributed by atoms with Crippen LogP contribution in [-0.2, 0) is 10.0 Å². The molecular formula is C12H16N2O6S. The minimum Gasteiger partial charge on any atom is -0.496 e. The van der Waals surface area contributed by atoms with Crippen molar-refractivity contribution in [2.75, 3.05) is 20.2 Å². The second-order valence-electron chi connectivity index (χ2n) is 4.68. The van der Waals surface area contributed by atoms with Crippen LogP contribution >= 0.6 is 0 Å². The highest BCUT2D eigenvalue weighted by Crippen LogP contribution is 2.26. The molecule has 1 aromatic rings. The minimum absolute atomic E-state index is 0.0566. The Hall–Kier alpha value is -1.68. The molecule has 2 unspecified atom stereocenters. The summed E-state index contributed by atoms with van der Waals surface area (Å²) in [5.41, 5.74) is 5.14. The summed E-state index contributed by atoms with van der Waals surface area (Å²) in [6.45, 7) is -0.414. The summed E-state index contributed by atoms with van der Waals surface area (Å²) in [4.78, 5) is 11.2. The fourth-order valence-electron chi connectivity index (χ4n) is 2.12. The number of carbonyl (C=O) groups is 1. The predicted octanol–water partition coefficient (Wildman–Crippen LogP) is -1.48. The van der Waals surface area contributed by atoms with Gasteiger partial charge in [-0.25, -0.2) is 8.42 Å². The number of carbonyl (C=O) groups excluding carboxylic acids is 1. The maximum atomic E-state index is 12.4. The smallest absolute Gasteiger partial charge is 0.252 e. The van der Waals surface area contributed by atoms with Crippen molar-refractivity contribution in [2.24, 2.45) is 5.73 Å². The molecular weight excluding hydrogens is 300 g/mol. The summed E-state index contributed by atoms with van der Waals surface area (Å²) >= 11 is 0. The SMILES string of the molecule is COc1ccc(S(=O)(=O)N2CC(O)C(O)C2)cc1C(N)=O. The first kappa shape index (κ1) is 15.7. The highest BCUT2D eigenvalue weighted by molar-refractivity contribution is 7.89. The predicted molar refractivity (Wildman–Crippen MR) is 72.3 cm³/mol. The quantitative estimate of drug-likeness (QED) is 0.621. The molecule has 0 bridgehead atoms. The Morgan fingerprint density at radius 2 is 1.90 bits per heavy atom. The summed E-state index contributed by atoms with van der Waals surface area (Å²) in [6.07, 6.45) is -2.26. The van der Waals surface area contributed by atoms with Crippen molar-refractivity contribution in [1.82, 2.24) is 4.31 Å². The fraction of sp³-hybridized carbons (Fsp3) is 0.417. The lowest BCUT2D eigenvalue weighted by Gasteiger charge is -2.16. The van der Waals surface area contributed by atoms with Crippen LogP contribution in [0.15, 0.2) is 23.1 Å². The van der Waals surface area contributed by atoms with Gasteiger partial charge in [-0.1, -0.05) is 0 Å². The largest absolute Gasteiger partial charge is 0.496 e. The number of hydrogen-bond donors (Lipinski definition) is 3. The number of rotatable bonds is 4. The molecule has 0 saturated carbocycles. The monoisotopic (exact) mass is 316 g/mol. The molecule has 1 fully saturated rings. The molecule has 2 atom stereocenters. The molecule has 1 aliphatic heterocycles. The summed E-state index contributed by atoms with van der Waals surface area (Å²) in [5, 5.41) is 18.9. The number of aliphatic hydroxyl groups excluding tert-OH is 2. The number of sulfonamides is 1. The van der Waals surface area contributed by atoms with Gasteiger partial charge in [0.1, 0.15) is 5.75 Å². The van der Waals surface area contributed by atoms with Crippen molar-refractivity contribution in [3.63, 3.8) is 0 Å². The van der Waals surface area contributed by atoms with Gasteiger partial charge in [0.15, 0.2) is 0 Å².